The van der Waals surface area contributed by atoms with Gasteiger partial charge < -0.3 is 10.1 Å². The van der Waals surface area contributed by atoms with Gasteiger partial charge in [0.1, 0.15) is 11.8 Å². The Morgan fingerprint density at radius 3 is 3.00 bits per heavy atom. The van der Waals surface area contributed by atoms with Gasteiger partial charge in [0.2, 0.25) is 0 Å². The molecule has 0 radical (unpaired) electrons. The van der Waals surface area contributed by atoms with Gasteiger partial charge in [-0.3, -0.25) is 4.40 Å². The number of rotatable bonds is 2. The molecular weight excluding hydrogens is 288 g/mol. The molecule has 0 bridgehead atoms. The van der Waals surface area contributed by atoms with Gasteiger partial charge in [0, 0.05) is 18.8 Å². The number of imidazole rings is 1. The van der Waals surface area contributed by atoms with Crippen LogP contribution in [0.4, 0.5) is 0 Å². The van der Waals surface area contributed by atoms with Crippen LogP contribution in [0.3, 0.4) is 0 Å². The van der Waals surface area contributed by atoms with Crippen molar-refractivity contribution in [1.29, 1.82) is 0 Å². The number of pyridine rings is 2. The van der Waals surface area contributed by atoms with E-state index in [4.69, 9.17) is 9.72 Å². The summed E-state index contributed by atoms with van der Waals surface area (Å²) in [4.78, 5) is 9.36. The monoisotopic (exact) mass is 308 g/mol. The summed E-state index contributed by atoms with van der Waals surface area (Å²) in [6, 6.07) is 10.4. The Morgan fingerprint density at radius 2 is 2.17 bits per heavy atom. The molecule has 1 aliphatic rings. The number of hydrogen-bond acceptors (Lipinski definition) is 4. The Labute approximate surface area is 135 Å². The summed E-state index contributed by atoms with van der Waals surface area (Å²) < 4.78 is 7.97. The first kappa shape index (κ1) is 14.4. The molecule has 1 atom stereocenters. The predicted molar refractivity (Wildman–Crippen MR) is 89.5 cm³/mol. The molecule has 3 aromatic heterocycles. The third-order valence-electron chi connectivity index (χ3n) is 4.23. The second kappa shape index (κ2) is 5.76. The average Bonchev–Trinajstić information content (AvgIpc) is 3.00. The van der Waals surface area contributed by atoms with Crippen LogP contribution in [0.5, 0.6) is 0 Å². The number of ether oxygens (including phenoxy) is 1. The lowest BCUT2D eigenvalue weighted by Crippen LogP contribution is -2.33. The van der Waals surface area contributed by atoms with Gasteiger partial charge in [-0.25, -0.2) is 9.97 Å². The lowest BCUT2D eigenvalue weighted by Gasteiger charge is -2.23. The Morgan fingerprint density at radius 1 is 1.26 bits per heavy atom. The van der Waals surface area contributed by atoms with Gasteiger partial charge >= 0.3 is 0 Å². The van der Waals surface area contributed by atoms with Gasteiger partial charge in [0.25, 0.3) is 0 Å². The first-order valence-corrected chi connectivity index (χ1v) is 7.97. The van der Waals surface area contributed by atoms with E-state index in [0.717, 1.165) is 48.1 Å². The fourth-order valence-electron chi connectivity index (χ4n) is 3.19. The van der Waals surface area contributed by atoms with Crippen molar-refractivity contribution >= 4 is 5.65 Å². The van der Waals surface area contributed by atoms with Crippen LogP contribution >= 0.6 is 0 Å². The number of aryl methyl sites for hydroxylation is 2. The molecule has 1 aliphatic heterocycles. The van der Waals surface area contributed by atoms with Crippen molar-refractivity contribution in [3.63, 3.8) is 0 Å². The highest BCUT2D eigenvalue weighted by Crippen LogP contribution is 2.24. The van der Waals surface area contributed by atoms with Gasteiger partial charge in [-0.05, 0) is 43.7 Å². The maximum atomic E-state index is 5.82. The Hall–Kier alpha value is -2.24. The number of nitrogens with zero attached hydrogens (tertiary/aromatic N) is 3. The number of fused-ring (bicyclic) bond motifs is 1. The molecule has 0 unspecified atom stereocenters. The van der Waals surface area contributed by atoms with E-state index in [9.17, 15) is 0 Å². The molecule has 1 N–H and O–H groups in total. The number of aromatic nitrogens is 3. The van der Waals surface area contributed by atoms with E-state index in [-0.39, 0.29) is 6.10 Å². The summed E-state index contributed by atoms with van der Waals surface area (Å²) in [6.07, 6.45) is 1.92. The maximum Gasteiger partial charge on any atom is 0.137 e. The van der Waals surface area contributed by atoms with E-state index in [2.05, 4.69) is 40.7 Å². The molecule has 0 aromatic carbocycles. The van der Waals surface area contributed by atoms with Crippen molar-refractivity contribution in [3.8, 4) is 11.4 Å². The van der Waals surface area contributed by atoms with Crippen LogP contribution in [-0.2, 0) is 4.74 Å². The molecule has 0 saturated carbocycles. The van der Waals surface area contributed by atoms with E-state index in [0.29, 0.717) is 0 Å². The van der Waals surface area contributed by atoms with Crippen LogP contribution in [0.15, 0.2) is 36.5 Å². The summed E-state index contributed by atoms with van der Waals surface area (Å²) in [7, 11) is 0. The second-order valence-electron chi connectivity index (χ2n) is 6.02. The Bertz CT molecular complexity index is 849. The van der Waals surface area contributed by atoms with Gasteiger partial charge in [-0.2, -0.15) is 0 Å². The minimum Gasteiger partial charge on any atom is -0.369 e. The molecule has 118 valence electrons. The highest BCUT2D eigenvalue weighted by atomic mass is 16.5. The number of hydrogen-bond donors (Lipinski definition) is 1. The summed E-state index contributed by atoms with van der Waals surface area (Å²) in [5.74, 6) is 0. The third kappa shape index (κ3) is 2.62. The fourth-order valence-corrected chi connectivity index (χ4v) is 3.19. The van der Waals surface area contributed by atoms with Crippen molar-refractivity contribution in [2.75, 3.05) is 19.7 Å². The topological polar surface area (TPSA) is 51.5 Å². The zero-order valence-corrected chi connectivity index (χ0v) is 13.4. The van der Waals surface area contributed by atoms with E-state index in [1.54, 1.807) is 0 Å². The number of nitrogens with one attached hydrogen (secondary N) is 1. The van der Waals surface area contributed by atoms with E-state index in [1.165, 1.54) is 5.56 Å². The summed E-state index contributed by atoms with van der Waals surface area (Å²) in [5, 5.41) is 3.35. The lowest BCUT2D eigenvalue weighted by atomic mass is 10.1. The smallest absolute Gasteiger partial charge is 0.137 e. The molecule has 4 heterocycles. The fraction of sp³-hybridized carbons (Fsp3) is 0.333. The summed E-state index contributed by atoms with van der Waals surface area (Å²) in [5.41, 5.74) is 6.25. The first-order valence-electron chi connectivity index (χ1n) is 7.97. The maximum absolute atomic E-state index is 5.82. The molecule has 0 amide bonds. The van der Waals surface area contributed by atoms with Crippen LogP contribution in [0.2, 0.25) is 0 Å². The summed E-state index contributed by atoms with van der Waals surface area (Å²) in [6.45, 7) is 6.63. The van der Waals surface area contributed by atoms with Crippen LogP contribution in [0.25, 0.3) is 17.0 Å². The standard InChI is InChI=1S/C18H20N4O/c1-12-8-13(2)22-16(10-20-18(22)9-12)14-4-3-5-15(21-14)17-11-19-6-7-23-17/h3-5,8-10,17,19H,6-7,11H2,1-2H3/t17-/m1/s1. The highest BCUT2D eigenvalue weighted by molar-refractivity contribution is 5.61. The van der Waals surface area contributed by atoms with Crippen LogP contribution in [-0.4, -0.2) is 34.1 Å². The predicted octanol–water partition coefficient (Wildman–Crippen LogP) is 2.67. The largest absolute Gasteiger partial charge is 0.369 e. The van der Waals surface area contributed by atoms with E-state index >= 15 is 0 Å². The zero-order valence-electron chi connectivity index (χ0n) is 13.4. The van der Waals surface area contributed by atoms with E-state index in [1.807, 2.05) is 24.4 Å². The molecule has 1 saturated heterocycles. The molecule has 3 aromatic rings. The normalized spacial score (nSPS) is 18.4. The third-order valence-corrected chi connectivity index (χ3v) is 4.23. The Balaban J connectivity index is 1.79. The molecule has 0 spiro atoms. The molecule has 0 aliphatic carbocycles. The van der Waals surface area contributed by atoms with E-state index < -0.39 is 0 Å². The molecule has 5 heteroatoms. The highest BCUT2D eigenvalue weighted by Gasteiger charge is 2.18. The minimum absolute atomic E-state index is 0.0197. The average molecular weight is 308 g/mol. The van der Waals surface area contributed by atoms with Gasteiger partial charge in [-0.1, -0.05) is 6.07 Å². The molecule has 1 fully saturated rings. The van der Waals surface area contributed by atoms with Gasteiger partial charge in [0.15, 0.2) is 0 Å². The van der Waals surface area contributed by atoms with Crippen LogP contribution in [0, 0.1) is 13.8 Å². The summed E-state index contributed by atoms with van der Waals surface area (Å²) >= 11 is 0. The van der Waals surface area contributed by atoms with Crippen molar-refractivity contribution in [3.05, 3.63) is 53.5 Å². The SMILES string of the molecule is Cc1cc(C)n2c(-c3cccc([C@H]4CNCCO4)n3)cnc2c1. The van der Waals surface area contributed by atoms with Gasteiger partial charge in [-0.15, -0.1) is 0 Å². The molecular formula is C18H20N4O. The zero-order chi connectivity index (χ0) is 15.8. The van der Waals surface area contributed by atoms with Crippen LogP contribution < -0.4 is 5.32 Å². The lowest BCUT2D eigenvalue weighted by molar-refractivity contribution is 0.0251. The quantitative estimate of drug-likeness (QED) is 0.791. The molecule has 4 rings (SSSR count). The number of morpholine rings is 1. The Kier molecular flexibility index (Phi) is 3.59. The second-order valence-corrected chi connectivity index (χ2v) is 6.02. The first-order chi connectivity index (χ1) is 11.2. The molecule has 5 nitrogen and oxygen atoms in total. The minimum atomic E-state index is 0.0197. The van der Waals surface area contributed by atoms with Crippen molar-refractivity contribution in [1.82, 2.24) is 19.7 Å². The van der Waals surface area contributed by atoms with Crippen molar-refractivity contribution in [2.45, 2.75) is 20.0 Å². The van der Waals surface area contributed by atoms with Crippen LogP contribution in [0.1, 0.15) is 23.1 Å². The van der Waals surface area contributed by atoms with Crippen molar-refractivity contribution in [2.24, 2.45) is 0 Å². The molecule has 23 heavy (non-hydrogen) atoms. The van der Waals surface area contributed by atoms with Crippen molar-refractivity contribution < 1.29 is 4.74 Å². The van der Waals surface area contributed by atoms with Gasteiger partial charge in [0.05, 0.1) is 29.9 Å².